The maximum absolute atomic E-state index is 5.57. The number of nitrogens with zero attached hydrogens (tertiary/aromatic N) is 2. The largest absolute Gasteiger partial charge is 0.370 e. The third-order valence-electron chi connectivity index (χ3n) is 4.75. The van der Waals surface area contributed by atoms with Crippen LogP contribution in [0.5, 0.6) is 0 Å². The van der Waals surface area contributed by atoms with Crippen molar-refractivity contribution in [3.8, 4) is 0 Å². The van der Waals surface area contributed by atoms with E-state index in [9.17, 15) is 0 Å². The Bertz CT molecular complexity index is 666. The van der Waals surface area contributed by atoms with Crippen LogP contribution in [0.25, 0.3) is 10.2 Å². The van der Waals surface area contributed by atoms with Crippen LogP contribution in [0.1, 0.15) is 24.4 Å². The molecule has 1 aliphatic rings. The zero-order valence-corrected chi connectivity index (χ0v) is 16.6. The molecular formula is C18H27N4OS2+. The van der Waals surface area contributed by atoms with Gasteiger partial charge in [-0.05, 0) is 31.3 Å². The molecule has 1 aliphatic heterocycles. The molecule has 25 heavy (non-hydrogen) atoms. The molecule has 2 aromatic rings. The van der Waals surface area contributed by atoms with Gasteiger partial charge in [-0.15, -0.1) is 11.3 Å². The van der Waals surface area contributed by atoms with E-state index in [4.69, 9.17) is 21.9 Å². The fourth-order valence-electron chi connectivity index (χ4n) is 2.98. The molecule has 0 radical (unpaired) electrons. The summed E-state index contributed by atoms with van der Waals surface area (Å²) in [6.45, 7) is 8.28. The Kier molecular flexibility index (Phi) is 6.58. The van der Waals surface area contributed by atoms with Crippen LogP contribution in [0.4, 0.5) is 0 Å². The van der Waals surface area contributed by atoms with Crippen LogP contribution >= 0.6 is 23.6 Å². The highest BCUT2D eigenvalue weighted by molar-refractivity contribution is 7.80. The number of benzene rings is 1. The van der Waals surface area contributed by atoms with E-state index in [1.54, 1.807) is 16.2 Å². The van der Waals surface area contributed by atoms with Gasteiger partial charge in [-0.3, -0.25) is 0 Å². The summed E-state index contributed by atoms with van der Waals surface area (Å²) in [5, 5.41) is 5.29. The van der Waals surface area contributed by atoms with Gasteiger partial charge < -0.3 is 19.9 Å². The van der Waals surface area contributed by atoms with E-state index in [2.05, 4.69) is 35.3 Å². The second-order valence-corrected chi connectivity index (χ2v) is 7.95. The van der Waals surface area contributed by atoms with Crippen LogP contribution in [0.3, 0.4) is 0 Å². The molecule has 1 atom stereocenters. The first kappa shape index (κ1) is 18.5. The van der Waals surface area contributed by atoms with Gasteiger partial charge in [0, 0.05) is 20.0 Å². The van der Waals surface area contributed by atoms with Crippen LogP contribution in [-0.4, -0.2) is 61.4 Å². The Morgan fingerprint density at radius 2 is 2.16 bits per heavy atom. The van der Waals surface area contributed by atoms with E-state index < -0.39 is 0 Å². The molecule has 0 spiro atoms. The Morgan fingerprint density at radius 3 is 2.92 bits per heavy atom. The van der Waals surface area contributed by atoms with Crippen molar-refractivity contribution in [2.24, 2.45) is 0 Å². The lowest BCUT2D eigenvalue weighted by Crippen LogP contribution is -3.14. The lowest BCUT2D eigenvalue weighted by molar-refractivity contribution is -0.908. The first-order chi connectivity index (χ1) is 12.1. The van der Waals surface area contributed by atoms with E-state index in [-0.39, 0.29) is 6.04 Å². The smallest absolute Gasteiger partial charge is 0.169 e. The normalized spacial score (nSPS) is 16.7. The summed E-state index contributed by atoms with van der Waals surface area (Å²) in [5.41, 5.74) is 1.06. The maximum Gasteiger partial charge on any atom is 0.169 e. The summed E-state index contributed by atoms with van der Waals surface area (Å²) in [7, 11) is 2.04. The lowest BCUT2D eigenvalue weighted by Gasteiger charge is -2.27. The van der Waals surface area contributed by atoms with Crippen LogP contribution in [0, 0.1) is 0 Å². The van der Waals surface area contributed by atoms with Crippen LogP contribution in [-0.2, 0) is 4.74 Å². The van der Waals surface area contributed by atoms with Gasteiger partial charge in [0.05, 0.1) is 36.0 Å². The number of thiocarbonyl (C=S) groups is 1. The Labute approximate surface area is 159 Å². The first-order valence-corrected chi connectivity index (χ1v) is 10.1. The minimum Gasteiger partial charge on any atom is -0.370 e. The summed E-state index contributed by atoms with van der Waals surface area (Å²) in [6.07, 6.45) is 1.12. The Morgan fingerprint density at radius 1 is 1.40 bits per heavy atom. The van der Waals surface area contributed by atoms with E-state index >= 15 is 0 Å². The zero-order valence-electron chi connectivity index (χ0n) is 15.0. The van der Waals surface area contributed by atoms with Gasteiger partial charge in [0.2, 0.25) is 0 Å². The molecule has 1 aromatic carbocycles. The predicted octanol–water partition coefficient (Wildman–Crippen LogP) is 1.47. The summed E-state index contributed by atoms with van der Waals surface area (Å²) in [6, 6.07) is 8.44. The molecule has 0 bridgehead atoms. The molecule has 0 saturated carbocycles. The first-order valence-electron chi connectivity index (χ1n) is 8.92. The Hall–Kier alpha value is -1.28. The molecule has 136 valence electrons. The highest BCUT2D eigenvalue weighted by Crippen LogP contribution is 2.28. The Balaban J connectivity index is 1.46. The molecule has 1 aromatic heterocycles. The minimum atomic E-state index is 0.169. The number of thiazole rings is 1. The summed E-state index contributed by atoms with van der Waals surface area (Å²) < 4.78 is 6.62. The van der Waals surface area contributed by atoms with Crippen LogP contribution < -0.4 is 10.2 Å². The number of nitrogens with one attached hydrogen (secondary N) is 2. The maximum atomic E-state index is 5.57. The third-order valence-corrected chi connectivity index (χ3v) is 6.39. The summed E-state index contributed by atoms with van der Waals surface area (Å²) in [4.78, 5) is 8.49. The summed E-state index contributed by atoms with van der Waals surface area (Å²) >= 11 is 7.31. The summed E-state index contributed by atoms with van der Waals surface area (Å²) in [5.74, 6) is 0. The molecule has 5 nitrogen and oxygen atoms in total. The van der Waals surface area contributed by atoms with Crippen molar-refractivity contribution in [3.63, 3.8) is 0 Å². The van der Waals surface area contributed by atoms with Crippen molar-refractivity contribution in [3.05, 3.63) is 29.3 Å². The number of morpholine rings is 1. The van der Waals surface area contributed by atoms with Crippen molar-refractivity contribution < 1.29 is 9.64 Å². The minimum absolute atomic E-state index is 0.169. The number of ether oxygens (including phenoxy) is 1. The van der Waals surface area contributed by atoms with Crippen molar-refractivity contribution in [2.45, 2.75) is 19.4 Å². The molecule has 3 rings (SSSR count). The van der Waals surface area contributed by atoms with E-state index in [1.165, 1.54) is 11.2 Å². The number of para-hydroxylation sites is 1. The topological polar surface area (TPSA) is 41.8 Å². The molecule has 2 N–H and O–H groups in total. The van der Waals surface area contributed by atoms with Gasteiger partial charge in [-0.2, -0.15) is 0 Å². The van der Waals surface area contributed by atoms with E-state index in [0.29, 0.717) is 0 Å². The van der Waals surface area contributed by atoms with Gasteiger partial charge in [0.25, 0.3) is 0 Å². The van der Waals surface area contributed by atoms with Crippen LogP contribution in [0.2, 0.25) is 0 Å². The predicted molar refractivity (Wildman–Crippen MR) is 107 cm³/mol. The number of hydrogen-bond acceptors (Lipinski definition) is 4. The number of fused-ring (bicyclic) bond motifs is 1. The second kappa shape index (κ2) is 8.89. The van der Waals surface area contributed by atoms with Gasteiger partial charge in [0.15, 0.2) is 5.11 Å². The van der Waals surface area contributed by atoms with Crippen molar-refractivity contribution >= 4 is 38.9 Å². The van der Waals surface area contributed by atoms with E-state index in [0.717, 1.165) is 54.9 Å². The SMILES string of the molecule is C[C@H](c1nc2ccccc2s1)N(C)C(=S)NCCC[NH+]1CCOCC1. The number of hydrogen-bond donors (Lipinski definition) is 2. The molecule has 0 unspecified atom stereocenters. The standard InChI is InChI=1S/C18H26N4OS2/c1-14(17-20-15-6-3-4-7-16(15)25-17)21(2)18(24)19-8-5-9-22-10-12-23-13-11-22/h3-4,6-7,14H,5,8-13H2,1-2H3,(H,19,24)/p+1/t14-/m1/s1. The molecule has 0 amide bonds. The van der Waals surface area contributed by atoms with Crippen LogP contribution in [0.15, 0.2) is 24.3 Å². The molecular weight excluding hydrogens is 352 g/mol. The average molecular weight is 380 g/mol. The highest BCUT2D eigenvalue weighted by Gasteiger charge is 2.18. The van der Waals surface area contributed by atoms with E-state index in [1.807, 2.05) is 13.1 Å². The number of quaternary nitrogens is 1. The zero-order chi connectivity index (χ0) is 17.6. The van der Waals surface area contributed by atoms with Gasteiger partial charge in [0.1, 0.15) is 18.1 Å². The van der Waals surface area contributed by atoms with Crippen molar-refractivity contribution in [1.29, 1.82) is 0 Å². The average Bonchev–Trinajstić information content (AvgIpc) is 3.09. The molecule has 2 heterocycles. The number of rotatable bonds is 6. The van der Waals surface area contributed by atoms with Crippen molar-refractivity contribution in [2.75, 3.05) is 46.4 Å². The highest BCUT2D eigenvalue weighted by atomic mass is 32.1. The van der Waals surface area contributed by atoms with Gasteiger partial charge in [-0.25, -0.2) is 4.98 Å². The lowest BCUT2D eigenvalue weighted by atomic mass is 10.3. The fourth-order valence-corrected chi connectivity index (χ4v) is 4.30. The monoisotopic (exact) mass is 379 g/mol. The molecule has 1 saturated heterocycles. The molecule has 7 heteroatoms. The van der Waals surface area contributed by atoms with Gasteiger partial charge in [-0.1, -0.05) is 12.1 Å². The quantitative estimate of drug-likeness (QED) is 0.588. The fraction of sp³-hybridized carbons (Fsp3) is 0.556. The van der Waals surface area contributed by atoms with Crippen molar-refractivity contribution in [1.82, 2.24) is 15.2 Å². The number of aromatic nitrogens is 1. The molecule has 1 fully saturated rings. The van der Waals surface area contributed by atoms with Gasteiger partial charge >= 0.3 is 0 Å². The second-order valence-electron chi connectivity index (χ2n) is 6.50. The molecule has 0 aliphatic carbocycles. The third kappa shape index (κ3) is 4.88.